The van der Waals surface area contributed by atoms with E-state index >= 15 is 0 Å². The molecule has 1 spiro atoms. The van der Waals surface area contributed by atoms with Crippen LogP contribution in [0, 0.1) is 5.41 Å². The number of nitrogens with one attached hydrogen (secondary N) is 1. The first-order valence-electron chi connectivity index (χ1n) is 8.90. The molecule has 1 N–H and O–H groups in total. The lowest BCUT2D eigenvalue weighted by atomic mass is 9.73. The lowest BCUT2D eigenvalue weighted by Crippen LogP contribution is -2.43. The second-order valence-electron chi connectivity index (χ2n) is 6.81. The molecule has 0 atom stereocenters. The van der Waals surface area contributed by atoms with Crippen LogP contribution in [0.2, 0.25) is 0 Å². The summed E-state index contributed by atoms with van der Waals surface area (Å²) in [5.41, 5.74) is -0.515. The third kappa shape index (κ3) is 4.24. The van der Waals surface area contributed by atoms with Crippen molar-refractivity contribution in [3.63, 3.8) is 0 Å². The molecule has 25 heavy (non-hydrogen) atoms. The number of benzene rings is 1. The van der Waals surface area contributed by atoms with Crippen molar-refractivity contribution in [2.45, 2.75) is 43.4 Å². The maximum absolute atomic E-state index is 12.7. The number of hydrogen-bond donors (Lipinski definition) is 1. The predicted molar refractivity (Wildman–Crippen MR) is 97.0 cm³/mol. The van der Waals surface area contributed by atoms with E-state index in [4.69, 9.17) is 0 Å². The molecule has 0 radical (unpaired) electrons. The first-order chi connectivity index (χ1) is 12.1. The number of amides is 3. The van der Waals surface area contributed by atoms with Gasteiger partial charge in [-0.2, -0.15) is 0 Å². The summed E-state index contributed by atoms with van der Waals surface area (Å²) >= 11 is 1.66. The van der Waals surface area contributed by atoms with Crippen LogP contribution in [0.1, 0.15) is 38.5 Å². The van der Waals surface area contributed by atoms with Crippen molar-refractivity contribution in [2.24, 2.45) is 5.41 Å². The minimum atomic E-state index is -0.515. The minimum absolute atomic E-state index is 0.133. The van der Waals surface area contributed by atoms with E-state index in [-0.39, 0.29) is 30.7 Å². The zero-order valence-electron chi connectivity index (χ0n) is 14.3. The van der Waals surface area contributed by atoms with Gasteiger partial charge in [0, 0.05) is 23.6 Å². The van der Waals surface area contributed by atoms with E-state index in [1.54, 1.807) is 11.8 Å². The fourth-order valence-electron chi connectivity index (χ4n) is 3.71. The molecule has 2 aliphatic rings. The van der Waals surface area contributed by atoms with Gasteiger partial charge in [-0.1, -0.05) is 37.5 Å². The van der Waals surface area contributed by atoms with Crippen molar-refractivity contribution in [1.29, 1.82) is 0 Å². The number of carbonyl (C=O) groups is 3. The summed E-state index contributed by atoms with van der Waals surface area (Å²) in [6.07, 6.45) is 4.96. The van der Waals surface area contributed by atoms with Gasteiger partial charge < -0.3 is 5.32 Å². The van der Waals surface area contributed by atoms with Crippen molar-refractivity contribution in [2.75, 3.05) is 18.8 Å². The topological polar surface area (TPSA) is 66.5 Å². The molecular formula is C19H24N2O3S. The molecule has 1 saturated heterocycles. The average Bonchev–Trinajstić information content (AvgIpc) is 2.84. The number of imide groups is 1. The Morgan fingerprint density at radius 3 is 2.56 bits per heavy atom. The van der Waals surface area contributed by atoms with Crippen LogP contribution in [0.25, 0.3) is 0 Å². The molecule has 0 aromatic heterocycles. The van der Waals surface area contributed by atoms with Crippen LogP contribution in [-0.4, -0.2) is 41.5 Å². The van der Waals surface area contributed by atoms with E-state index in [2.05, 4.69) is 5.32 Å². The summed E-state index contributed by atoms with van der Waals surface area (Å²) in [5.74, 6) is 0.164. The molecule has 1 heterocycles. The van der Waals surface area contributed by atoms with Gasteiger partial charge in [-0.25, -0.2) is 0 Å². The Morgan fingerprint density at radius 1 is 1.12 bits per heavy atom. The van der Waals surface area contributed by atoms with Gasteiger partial charge in [0.1, 0.15) is 6.54 Å². The van der Waals surface area contributed by atoms with Crippen LogP contribution >= 0.6 is 11.8 Å². The zero-order valence-corrected chi connectivity index (χ0v) is 15.1. The highest BCUT2D eigenvalue weighted by Gasteiger charge is 2.51. The van der Waals surface area contributed by atoms with E-state index in [1.165, 1.54) is 4.90 Å². The van der Waals surface area contributed by atoms with Gasteiger partial charge in [0.2, 0.25) is 17.7 Å². The summed E-state index contributed by atoms with van der Waals surface area (Å²) in [4.78, 5) is 39.3. The highest BCUT2D eigenvalue weighted by Crippen LogP contribution is 2.45. The molecule has 1 aromatic carbocycles. The Kier molecular flexibility index (Phi) is 5.78. The third-order valence-electron chi connectivity index (χ3n) is 5.04. The van der Waals surface area contributed by atoms with Gasteiger partial charge >= 0.3 is 0 Å². The van der Waals surface area contributed by atoms with Crippen molar-refractivity contribution in [3.05, 3.63) is 30.3 Å². The van der Waals surface area contributed by atoms with Gasteiger partial charge in [0.05, 0.1) is 5.41 Å². The van der Waals surface area contributed by atoms with Crippen molar-refractivity contribution in [3.8, 4) is 0 Å². The summed E-state index contributed by atoms with van der Waals surface area (Å²) in [7, 11) is 0. The molecule has 1 aromatic rings. The molecular weight excluding hydrogens is 336 g/mol. The number of likely N-dealkylation sites (tertiary alicyclic amines) is 1. The maximum atomic E-state index is 12.7. The van der Waals surface area contributed by atoms with E-state index in [9.17, 15) is 14.4 Å². The highest BCUT2D eigenvalue weighted by atomic mass is 32.2. The van der Waals surface area contributed by atoms with Crippen LogP contribution in [0.15, 0.2) is 35.2 Å². The molecule has 0 unspecified atom stereocenters. The molecule has 1 aliphatic carbocycles. The Bertz CT molecular complexity index is 641. The van der Waals surface area contributed by atoms with E-state index in [1.807, 2.05) is 30.3 Å². The van der Waals surface area contributed by atoms with E-state index in [0.717, 1.165) is 42.8 Å². The van der Waals surface area contributed by atoms with Gasteiger partial charge in [0.25, 0.3) is 0 Å². The summed E-state index contributed by atoms with van der Waals surface area (Å²) < 4.78 is 0. The number of thioether (sulfide) groups is 1. The monoisotopic (exact) mass is 360 g/mol. The van der Waals surface area contributed by atoms with Crippen LogP contribution in [-0.2, 0) is 14.4 Å². The van der Waals surface area contributed by atoms with Crippen LogP contribution in [0.3, 0.4) is 0 Å². The summed E-state index contributed by atoms with van der Waals surface area (Å²) in [5, 5.41) is 2.81. The molecule has 3 rings (SSSR count). The average molecular weight is 360 g/mol. The first-order valence-corrected chi connectivity index (χ1v) is 9.89. The lowest BCUT2D eigenvalue weighted by Gasteiger charge is -2.30. The van der Waals surface area contributed by atoms with Gasteiger partial charge in [-0.05, 0) is 25.0 Å². The minimum Gasteiger partial charge on any atom is -0.354 e. The Morgan fingerprint density at radius 2 is 1.84 bits per heavy atom. The molecule has 0 bridgehead atoms. The fourth-order valence-corrected chi connectivity index (χ4v) is 4.50. The fraction of sp³-hybridized carbons (Fsp3) is 0.526. The predicted octanol–water partition coefficient (Wildman–Crippen LogP) is 2.60. The number of nitrogens with zero attached hydrogens (tertiary/aromatic N) is 1. The van der Waals surface area contributed by atoms with Crippen molar-refractivity contribution >= 4 is 29.5 Å². The molecule has 134 valence electrons. The number of hydrogen-bond acceptors (Lipinski definition) is 4. The van der Waals surface area contributed by atoms with E-state index < -0.39 is 5.41 Å². The Labute approximate surface area is 152 Å². The molecule has 1 aliphatic heterocycles. The molecule has 1 saturated carbocycles. The van der Waals surface area contributed by atoms with Gasteiger partial charge in [0.15, 0.2) is 0 Å². The summed E-state index contributed by atoms with van der Waals surface area (Å²) in [6, 6.07) is 9.98. The third-order valence-corrected chi connectivity index (χ3v) is 6.05. The SMILES string of the molecule is O=C(CN1C(=O)CC2(CCCCC2)C1=O)NCCSc1ccccc1. The highest BCUT2D eigenvalue weighted by molar-refractivity contribution is 7.99. The molecule has 6 heteroatoms. The van der Waals surface area contributed by atoms with Gasteiger partial charge in [-0.15, -0.1) is 11.8 Å². The summed E-state index contributed by atoms with van der Waals surface area (Å²) in [6.45, 7) is 0.370. The second kappa shape index (κ2) is 8.04. The van der Waals surface area contributed by atoms with Crippen LogP contribution < -0.4 is 5.32 Å². The zero-order chi connectivity index (χ0) is 17.7. The smallest absolute Gasteiger partial charge is 0.240 e. The Balaban J connectivity index is 1.44. The van der Waals surface area contributed by atoms with Crippen LogP contribution in [0.5, 0.6) is 0 Å². The quantitative estimate of drug-likeness (QED) is 0.481. The number of carbonyl (C=O) groups excluding carboxylic acids is 3. The normalized spacial score (nSPS) is 19.4. The van der Waals surface area contributed by atoms with Crippen molar-refractivity contribution < 1.29 is 14.4 Å². The second-order valence-corrected chi connectivity index (χ2v) is 7.98. The number of rotatable bonds is 6. The van der Waals surface area contributed by atoms with Gasteiger partial charge in [-0.3, -0.25) is 19.3 Å². The van der Waals surface area contributed by atoms with Crippen LogP contribution in [0.4, 0.5) is 0 Å². The van der Waals surface area contributed by atoms with Crippen molar-refractivity contribution in [1.82, 2.24) is 10.2 Å². The maximum Gasteiger partial charge on any atom is 0.240 e. The molecule has 3 amide bonds. The van der Waals surface area contributed by atoms with E-state index in [0.29, 0.717) is 6.54 Å². The lowest BCUT2D eigenvalue weighted by molar-refractivity contribution is -0.145. The Hall–Kier alpha value is -1.82. The first kappa shape index (κ1) is 18.0. The largest absolute Gasteiger partial charge is 0.354 e. The molecule has 5 nitrogen and oxygen atoms in total. The standard InChI is InChI=1S/C19H24N2O3S/c22-16(20-11-12-25-15-7-3-1-4-8-15)14-21-17(23)13-19(18(21)24)9-5-2-6-10-19/h1,3-4,7-8H,2,5-6,9-14H2,(H,20,22). The molecule has 2 fully saturated rings.